The summed E-state index contributed by atoms with van der Waals surface area (Å²) in [6.45, 7) is 0. The van der Waals surface area contributed by atoms with Crippen LogP contribution in [-0.4, -0.2) is 0 Å². The van der Waals surface area contributed by atoms with Gasteiger partial charge >= 0.3 is 0 Å². The molecule has 36 heavy (non-hydrogen) atoms. The van der Waals surface area contributed by atoms with Gasteiger partial charge in [-0.25, -0.2) is 0 Å². The smallest absolute Gasteiger partial charge is 0.00196 e. The number of rotatable bonds is 1. The highest BCUT2D eigenvalue weighted by Crippen LogP contribution is 2.36. The van der Waals surface area contributed by atoms with E-state index in [-0.39, 0.29) is 0 Å². The molecule has 0 nitrogen and oxygen atoms in total. The maximum Gasteiger partial charge on any atom is -0.00196 e. The molecule has 0 aliphatic heterocycles. The average Bonchev–Trinajstić information content (AvgIpc) is 2.92. The normalized spacial score (nSPS) is 13.7. The topological polar surface area (TPSA) is 0 Å². The molecule has 8 rings (SSSR count). The van der Waals surface area contributed by atoms with E-state index in [9.17, 15) is 0 Å². The molecule has 0 N–H and O–H groups in total. The van der Waals surface area contributed by atoms with Crippen molar-refractivity contribution in [3.05, 3.63) is 154 Å². The lowest BCUT2D eigenvalue weighted by molar-refractivity contribution is 1.00. The Balaban J connectivity index is 1.14. The Morgan fingerprint density at radius 3 is 0.944 bits per heavy atom. The highest BCUT2D eigenvalue weighted by molar-refractivity contribution is 5.85. The molecule has 2 aliphatic carbocycles. The van der Waals surface area contributed by atoms with Gasteiger partial charge in [0.15, 0.2) is 0 Å². The molecule has 0 saturated carbocycles. The number of hydrogen-bond donors (Lipinski definition) is 0. The Bertz CT molecular complexity index is 1700. The minimum atomic E-state index is 1.02. The van der Waals surface area contributed by atoms with E-state index in [1.165, 1.54) is 77.2 Å². The molecule has 0 bridgehead atoms. The van der Waals surface area contributed by atoms with E-state index in [0.29, 0.717) is 0 Å². The molecule has 2 aliphatic rings. The Morgan fingerprint density at radius 1 is 0.278 bits per heavy atom. The molecule has 0 saturated heterocycles. The molecule has 170 valence electrons. The maximum absolute atomic E-state index is 2.44. The van der Waals surface area contributed by atoms with E-state index in [1.54, 1.807) is 0 Å². The molecule has 0 heteroatoms. The first-order valence-electron chi connectivity index (χ1n) is 13.0. The van der Waals surface area contributed by atoms with Crippen molar-refractivity contribution >= 4 is 21.5 Å². The maximum atomic E-state index is 2.44. The second-order valence-corrected chi connectivity index (χ2v) is 10.6. The quantitative estimate of drug-likeness (QED) is 0.231. The van der Waals surface area contributed by atoms with E-state index in [1.807, 2.05) is 0 Å². The van der Waals surface area contributed by atoms with Gasteiger partial charge in [0.1, 0.15) is 0 Å². The fourth-order valence-electron chi connectivity index (χ4n) is 6.43. The Hall–Kier alpha value is -4.16. The van der Waals surface area contributed by atoms with Crippen LogP contribution in [0, 0.1) is 0 Å². The summed E-state index contributed by atoms with van der Waals surface area (Å²) in [4.78, 5) is 0. The van der Waals surface area contributed by atoms with E-state index < -0.39 is 0 Å². The van der Waals surface area contributed by atoms with E-state index >= 15 is 0 Å². The molecule has 0 unspecified atom stereocenters. The van der Waals surface area contributed by atoms with Crippen LogP contribution in [0.2, 0.25) is 0 Å². The molecular weight excluding hydrogens is 432 g/mol. The van der Waals surface area contributed by atoms with Crippen LogP contribution in [0.4, 0.5) is 0 Å². The number of hydrogen-bond acceptors (Lipinski definition) is 0. The first-order chi connectivity index (χ1) is 17.8. The third kappa shape index (κ3) is 3.22. The van der Waals surface area contributed by atoms with Crippen LogP contribution in [0.3, 0.4) is 0 Å². The summed E-state index contributed by atoms with van der Waals surface area (Å²) < 4.78 is 0. The van der Waals surface area contributed by atoms with Crippen LogP contribution < -0.4 is 0 Å². The summed E-state index contributed by atoms with van der Waals surface area (Å²) in [7, 11) is 0. The fourth-order valence-corrected chi connectivity index (χ4v) is 6.43. The van der Waals surface area contributed by atoms with Crippen molar-refractivity contribution in [2.45, 2.75) is 25.7 Å². The molecule has 0 heterocycles. The Kier molecular flexibility index (Phi) is 4.28. The van der Waals surface area contributed by atoms with Crippen LogP contribution in [0.15, 0.2) is 109 Å². The highest BCUT2D eigenvalue weighted by atomic mass is 14.2. The molecule has 0 radical (unpaired) electrons. The van der Waals surface area contributed by atoms with E-state index in [4.69, 9.17) is 0 Å². The zero-order chi connectivity index (χ0) is 23.6. The second kappa shape index (κ2) is 7.67. The Labute approximate surface area is 211 Å². The van der Waals surface area contributed by atoms with Gasteiger partial charge in [0.2, 0.25) is 0 Å². The van der Waals surface area contributed by atoms with Crippen molar-refractivity contribution in [1.29, 1.82) is 0 Å². The van der Waals surface area contributed by atoms with Gasteiger partial charge in [0.05, 0.1) is 0 Å². The SMILES string of the molecule is c1ccc2cc3c(cc2c1)Cc1ccc(-c2ccc4c(c2)Cc2cc5ccccc5cc2C4)cc1C3. The molecule has 6 aromatic rings. The lowest BCUT2D eigenvalue weighted by Crippen LogP contribution is -2.08. The molecule has 0 fully saturated rings. The van der Waals surface area contributed by atoms with Crippen LogP contribution >= 0.6 is 0 Å². The number of fused-ring (bicyclic) bond motifs is 6. The van der Waals surface area contributed by atoms with Crippen LogP contribution in [0.25, 0.3) is 32.7 Å². The lowest BCUT2D eigenvalue weighted by atomic mass is 9.81. The molecule has 0 amide bonds. The van der Waals surface area contributed by atoms with Crippen molar-refractivity contribution in [1.82, 2.24) is 0 Å². The minimum absolute atomic E-state index is 1.02. The van der Waals surface area contributed by atoms with Gasteiger partial charge in [-0.2, -0.15) is 0 Å². The first-order valence-corrected chi connectivity index (χ1v) is 13.0. The van der Waals surface area contributed by atoms with Gasteiger partial charge in [-0.3, -0.25) is 0 Å². The summed E-state index contributed by atoms with van der Waals surface area (Å²) in [5.74, 6) is 0. The molecule has 6 aromatic carbocycles. The summed E-state index contributed by atoms with van der Waals surface area (Å²) >= 11 is 0. The zero-order valence-electron chi connectivity index (χ0n) is 20.2. The largest absolute Gasteiger partial charge is 0.0616 e. The van der Waals surface area contributed by atoms with Crippen molar-refractivity contribution in [3.63, 3.8) is 0 Å². The van der Waals surface area contributed by atoms with Crippen molar-refractivity contribution < 1.29 is 0 Å². The van der Waals surface area contributed by atoms with Crippen LogP contribution in [0.5, 0.6) is 0 Å². The third-order valence-corrected chi connectivity index (χ3v) is 8.41. The first kappa shape index (κ1) is 20.1. The standard InChI is InChI=1S/C36H26/c1-3-7-25-15-35-21-31-17-27(9-11-29(31)19-33(35)13-23(25)5-1)28-10-12-30-20-34-14-24-6-2-4-8-26(24)16-36(34)22-32(30)18-28/h1-18H,19-22H2. The van der Waals surface area contributed by atoms with Crippen LogP contribution in [0.1, 0.15) is 44.5 Å². The minimum Gasteiger partial charge on any atom is -0.0616 e. The molecule has 0 atom stereocenters. The van der Waals surface area contributed by atoms with Gasteiger partial charge < -0.3 is 0 Å². The third-order valence-electron chi connectivity index (χ3n) is 8.41. The molecule has 0 spiro atoms. The van der Waals surface area contributed by atoms with Gasteiger partial charge in [-0.15, -0.1) is 0 Å². The van der Waals surface area contributed by atoms with Crippen LogP contribution in [-0.2, 0) is 25.7 Å². The second-order valence-electron chi connectivity index (χ2n) is 10.6. The van der Waals surface area contributed by atoms with Crippen molar-refractivity contribution in [3.8, 4) is 11.1 Å². The predicted molar refractivity (Wildman–Crippen MR) is 151 cm³/mol. The molecule has 0 aromatic heterocycles. The number of benzene rings is 6. The molecular formula is C36H26. The Morgan fingerprint density at radius 2 is 0.583 bits per heavy atom. The monoisotopic (exact) mass is 458 g/mol. The van der Waals surface area contributed by atoms with E-state index in [2.05, 4.69) is 109 Å². The van der Waals surface area contributed by atoms with Crippen molar-refractivity contribution in [2.75, 3.05) is 0 Å². The zero-order valence-corrected chi connectivity index (χ0v) is 20.2. The fraction of sp³-hybridized carbons (Fsp3) is 0.111. The lowest BCUT2D eigenvalue weighted by Gasteiger charge is -2.23. The predicted octanol–water partition coefficient (Wildman–Crippen LogP) is 8.65. The summed E-state index contributed by atoms with van der Waals surface area (Å²) in [6.07, 6.45) is 4.11. The van der Waals surface area contributed by atoms with Crippen molar-refractivity contribution in [2.24, 2.45) is 0 Å². The summed E-state index contributed by atoms with van der Waals surface area (Å²) in [5.41, 5.74) is 14.5. The summed E-state index contributed by atoms with van der Waals surface area (Å²) in [5, 5.41) is 5.39. The highest BCUT2D eigenvalue weighted by Gasteiger charge is 2.19. The van der Waals surface area contributed by atoms with Gasteiger partial charge in [-0.05, 0) is 103 Å². The van der Waals surface area contributed by atoms with Gasteiger partial charge in [0, 0.05) is 0 Å². The average molecular weight is 459 g/mol. The van der Waals surface area contributed by atoms with Gasteiger partial charge in [0.25, 0.3) is 0 Å². The van der Waals surface area contributed by atoms with Gasteiger partial charge in [-0.1, -0.05) is 109 Å². The van der Waals surface area contributed by atoms with E-state index in [0.717, 1.165) is 25.7 Å². The summed E-state index contributed by atoms with van der Waals surface area (Å²) in [6, 6.07) is 41.3.